The molecule has 0 bridgehead atoms. The molecule has 3 heterocycles. The maximum atomic E-state index is 12.2. The maximum Gasteiger partial charge on any atom is 0.410 e. The van der Waals surface area contributed by atoms with Gasteiger partial charge in [0.15, 0.2) is 0 Å². The van der Waals surface area contributed by atoms with Crippen LogP contribution in [0.2, 0.25) is 0 Å². The van der Waals surface area contributed by atoms with E-state index in [2.05, 4.69) is 30.7 Å². The standard InChI is InChI=1S/C20H29NO4.C20H27NO4.C19H27NO3.C11H14O2/c2*1-13-14(2)17(18(22)24-6)8-7-16(13)15-9-11-21(12-10-15)19(23)25-20(3,4)5;1-13-14(2)17(7-6-16(13)12-21)15-8-10-20(11-9-15)18(22)23-19(3,4)5;1-7-5-6-10(11(12)13-4)9(3)8(7)2/h7-8,15H,9-12H2,1-6H3;7-9H,10-12H2,1-6H3;6-7,12,15H,8-11H2,1-5H3;5-6H,1-4H3. The average molecular weight is 1190 g/mol. The number of carbonyl (C=O) groups excluding carboxylic acids is 7. The zero-order chi connectivity index (χ0) is 64.8. The van der Waals surface area contributed by atoms with Gasteiger partial charge in [-0.1, -0.05) is 36.4 Å². The van der Waals surface area contributed by atoms with Crippen molar-refractivity contribution in [1.29, 1.82) is 0 Å². The van der Waals surface area contributed by atoms with E-state index in [1.54, 1.807) is 14.7 Å². The highest BCUT2D eigenvalue weighted by Gasteiger charge is 2.31. The van der Waals surface area contributed by atoms with E-state index in [0.29, 0.717) is 67.8 Å². The van der Waals surface area contributed by atoms with Crippen LogP contribution in [-0.4, -0.2) is 135 Å². The molecule has 0 unspecified atom stereocenters. The first-order valence-corrected chi connectivity index (χ1v) is 29.8. The van der Waals surface area contributed by atoms with Crippen molar-refractivity contribution >= 4 is 48.0 Å². The molecule has 3 aliphatic heterocycles. The van der Waals surface area contributed by atoms with Crippen molar-refractivity contribution in [1.82, 2.24) is 14.7 Å². The quantitative estimate of drug-likeness (QED) is 0.0968. The molecule has 4 aromatic carbocycles. The Bertz CT molecular complexity index is 3120. The van der Waals surface area contributed by atoms with Crippen molar-refractivity contribution in [2.75, 3.05) is 60.6 Å². The van der Waals surface area contributed by atoms with Crippen LogP contribution in [0.5, 0.6) is 0 Å². The molecule has 16 nitrogen and oxygen atoms in total. The minimum Gasteiger partial charge on any atom is -0.465 e. The van der Waals surface area contributed by atoms with Crippen LogP contribution in [0.4, 0.5) is 14.4 Å². The van der Waals surface area contributed by atoms with E-state index in [1.165, 1.54) is 49.2 Å². The normalized spacial score (nSPS) is 14.8. The van der Waals surface area contributed by atoms with Crippen LogP contribution >= 0.6 is 0 Å². The second-order valence-electron chi connectivity index (χ2n) is 25.5. The van der Waals surface area contributed by atoms with E-state index in [9.17, 15) is 33.6 Å². The lowest BCUT2D eigenvalue weighted by Crippen LogP contribution is -2.41. The van der Waals surface area contributed by atoms with E-state index in [4.69, 9.17) is 23.7 Å². The van der Waals surface area contributed by atoms with E-state index in [0.717, 1.165) is 88.5 Å². The van der Waals surface area contributed by atoms with Gasteiger partial charge in [0, 0.05) is 44.8 Å². The molecule has 0 aliphatic carbocycles. The zero-order valence-electron chi connectivity index (χ0n) is 55.4. The van der Waals surface area contributed by atoms with Crippen LogP contribution < -0.4 is 0 Å². The van der Waals surface area contributed by atoms with Gasteiger partial charge >= 0.3 is 36.2 Å². The van der Waals surface area contributed by atoms with Crippen LogP contribution in [0.3, 0.4) is 0 Å². The first-order valence-electron chi connectivity index (χ1n) is 29.8. The monoisotopic (exact) mass is 1190 g/mol. The second-order valence-corrected chi connectivity index (χ2v) is 25.5. The number of hydrogen-bond donors (Lipinski definition) is 0. The molecular formula is C70H97N3O13. The molecule has 0 aromatic heterocycles. The number of rotatable bonds is 7. The highest BCUT2D eigenvalue weighted by Crippen LogP contribution is 2.35. The molecule has 3 aliphatic rings. The fourth-order valence-corrected chi connectivity index (χ4v) is 10.6. The molecule has 0 radical (unpaired) electrons. The Kier molecular flexibility index (Phi) is 25.4. The van der Waals surface area contributed by atoms with Gasteiger partial charge in [-0.25, -0.2) is 28.8 Å². The Morgan fingerprint density at radius 2 is 0.791 bits per heavy atom. The molecule has 0 saturated carbocycles. The van der Waals surface area contributed by atoms with Crippen LogP contribution in [0.25, 0.3) is 5.57 Å². The molecule has 2 saturated heterocycles. The van der Waals surface area contributed by atoms with Gasteiger partial charge in [0.1, 0.15) is 23.1 Å². The van der Waals surface area contributed by atoms with E-state index < -0.39 is 16.8 Å². The summed E-state index contributed by atoms with van der Waals surface area (Å²) in [5, 5.41) is 0. The molecule has 86 heavy (non-hydrogen) atoms. The molecule has 470 valence electrons. The molecule has 0 atom stereocenters. The van der Waals surface area contributed by atoms with Crippen molar-refractivity contribution in [2.45, 2.75) is 185 Å². The first kappa shape index (κ1) is 71.0. The fraction of sp³-hybridized carbons (Fsp3) is 0.529. The number of ether oxygens (including phenoxy) is 6. The number of benzene rings is 4. The topological polar surface area (TPSA) is 185 Å². The number of likely N-dealkylation sites (tertiary alicyclic amines) is 2. The number of aldehydes is 1. The van der Waals surface area contributed by atoms with Gasteiger partial charge in [0.25, 0.3) is 0 Å². The molecular weight excluding hydrogens is 1090 g/mol. The van der Waals surface area contributed by atoms with Gasteiger partial charge in [-0.15, -0.1) is 0 Å². The average Bonchev–Trinajstić information content (AvgIpc) is 2.72. The number of hydrogen-bond acceptors (Lipinski definition) is 13. The van der Waals surface area contributed by atoms with Gasteiger partial charge in [0.05, 0.1) is 38.0 Å². The number of methoxy groups -OCH3 is 3. The Labute approximate surface area is 512 Å². The Morgan fingerprint density at radius 1 is 0.430 bits per heavy atom. The minimum absolute atomic E-state index is 0.222. The lowest BCUT2D eigenvalue weighted by molar-refractivity contribution is 0.0194. The van der Waals surface area contributed by atoms with Crippen LogP contribution in [0.1, 0.15) is 214 Å². The molecule has 0 spiro atoms. The number of amides is 3. The summed E-state index contributed by atoms with van der Waals surface area (Å²) in [6, 6.07) is 15.4. The molecule has 0 N–H and O–H groups in total. The predicted molar refractivity (Wildman–Crippen MR) is 338 cm³/mol. The summed E-state index contributed by atoms with van der Waals surface area (Å²) in [6.45, 7) is 38.9. The van der Waals surface area contributed by atoms with Gasteiger partial charge in [-0.3, -0.25) is 4.79 Å². The van der Waals surface area contributed by atoms with Gasteiger partial charge in [0.2, 0.25) is 0 Å². The minimum atomic E-state index is -0.488. The summed E-state index contributed by atoms with van der Waals surface area (Å²) in [5.74, 6) is -0.0504. The third kappa shape index (κ3) is 19.5. The first-order chi connectivity index (χ1) is 40.1. The SMILES string of the molecule is COC(=O)c1ccc(C)c(C)c1C.COC(=O)c1ccc(C2=CCN(C(=O)OC(C)(C)C)CC2)c(C)c1C.COC(=O)c1ccc(C2CCN(C(=O)OC(C)(C)C)CC2)c(C)c1C.Cc1c(C=O)ccc(C2CCN(C(=O)OC(C)(C)C)CC2)c1C. The largest absolute Gasteiger partial charge is 0.465 e. The number of nitrogens with zero attached hydrogens (tertiary/aromatic N) is 3. The third-order valence-corrected chi connectivity index (χ3v) is 16.3. The summed E-state index contributed by atoms with van der Waals surface area (Å²) >= 11 is 0. The van der Waals surface area contributed by atoms with Crippen LogP contribution in [0, 0.1) is 62.3 Å². The lowest BCUT2D eigenvalue weighted by atomic mass is 9.84. The smallest absolute Gasteiger partial charge is 0.410 e. The highest BCUT2D eigenvalue weighted by molar-refractivity contribution is 5.93. The predicted octanol–water partition coefficient (Wildman–Crippen LogP) is 14.9. The third-order valence-electron chi connectivity index (χ3n) is 16.3. The van der Waals surface area contributed by atoms with E-state index in [-0.39, 0.29) is 36.2 Å². The number of carbonyl (C=O) groups is 7. The van der Waals surface area contributed by atoms with Gasteiger partial charge in [-0.2, -0.15) is 0 Å². The van der Waals surface area contributed by atoms with Crippen molar-refractivity contribution in [2.24, 2.45) is 0 Å². The summed E-state index contributed by atoms with van der Waals surface area (Å²) in [6.07, 6.45) is 6.66. The Balaban J connectivity index is 0.000000251. The number of aryl methyl sites for hydroxylation is 1. The van der Waals surface area contributed by atoms with Crippen molar-refractivity contribution in [3.8, 4) is 0 Å². The molecule has 2 fully saturated rings. The highest BCUT2D eigenvalue weighted by atomic mass is 16.6. The fourth-order valence-electron chi connectivity index (χ4n) is 10.6. The van der Waals surface area contributed by atoms with Crippen LogP contribution in [0.15, 0.2) is 54.6 Å². The van der Waals surface area contributed by atoms with E-state index >= 15 is 0 Å². The summed E-state index contributed by atoms with van der Waals surface area (Å²) in [7, 11) is 4.19. The summed E-state index contributed by atoms with van der Waals surface area (Å²) in [4.78, 5) is 87.7. The summed E-state index contributed by atoms with van der Waals surface area (Å²) < 4.78 is 30.7. The van der Waals surface area contributed by atoms with Gasteiger partial charge in [-0.05, 0) is 259 Å². The zero-order valence-corrected chi connectivity index (χ0v) is 55.4. The van der Waals surface area contributed by atoms with Gasteiger partial charge < -0.3 is 43.1 Å². The molecule has 16 heteroatoms. The van der Waals surface area contributed by atoms with Crippen molar-refractivity contribution < 1.29 is 62.0 Å². The van der Waals surface area contributed by atoms with E-state index in [1.807, 2.05) is 153 Å². The van der Waals surface area contributed by atoms with Crippen molar-refractivity contribution in [3.63, 3.8) is 0 Å². The summed E-state index contributed by atoms with van der Waals surface area (Å²) in [5.41, 5.74) is 15.8. The Morgan fingerprint density at radius 3 is 1.17 bits per heavy atom. The number of esters is 3. The maximum absolute atomic E-state index is 12.2. The van der Waals surface area contributed by atoms with Crippen molar-refractivity contribution in [3.05, 3.63) is 144 Å². The Hall–Kier alpha value is -7.49. The lowest BCUT2D eigenvalue weighted by Gasteiger charge is -2.34. The van der Waals surface area contributed by atoms with Crippen LogP contribution in [-0.2, 0) is 28.4 Å². The molecule has 4 aromatic rings. The second kappa shape index (κ2) is 30.7. The molecule has 7 rings (SSSR count). The number of piperidine rings is 2. The molecule has 3 amide bonds.